The number of aliphatic imine (C=N–C) groups is 3. The topological polar surface area (TPSA) is 133 Å². The smallest absolute Gasteiger partial charge is 0.305 e. The highest BCUT2D eigenvalue weighted by Crippen LogP contribution is 2.45. The molecule has 3 N–H and O–H groups in total. The van der Waals surface area contributed by atoms with Gasteiger partial charge in [-0.25, -0.2) is 15.0 Å². The average Bonchev–Trinajstić information content (AvgIpc) is 3.70. The number of ketones is 1. The molecule has 1 saturated carbocycles. The standard InChI is InChI=1S/C33H34N4O5/c1-14-19(7-8-29(41)42-6)32-20-9-28(40)31-17(4)25(37-33(20)31)11-26-21(13-38)15(2)22(34-26)12-27-30(18(5)39)16(3)24(35-27)10-23(14)36-32/h10-14,18-19,36,38-39H,7-9H2,1-6H3/b21-13+,23-10?,25-11?,27-12?,32-20?/t14-,18+,19-/m0/s1. The van der Waals surface area contributed by atoms with Crippen LogP contribution in [-0.4, -0.2) is 52.3 Å². The van der Waals surface area contributed by atoms with E-state index in [1.165, 1.54) is 7.11 Å². The van der Waals surface area contributed by atoms with E-state index in [0.717, 1.165) is 39.9 Å². The van der Waals surface area contributed by atoms with E-state index in [1.807, 2.05) is 32.9 Å². The van der Waals surface area contributed by atoms with Crippen molar-refractivity contribution in [3.8, 4) is 0 Å². The van der Waals surface area contributed by atoms with E-state index in [2.05, 4.69) is 12.2 Å². The Morgan fingerprint density at radius 3 is 2.55 bits per heavy atom. The molecule has 3 atom stereocenters. The number of nitrogens with zero attached hydrogens (tertiary/aromatic N) is 3. The van der Waals surface area contributed by atoms with Crippen LogP contribution in [0.1, 0.15) is 53.9 Å². The Kier molecular flexibility index (Phi) is 6.73. The minimum atomic E-state index is -0.764. The Labute approximate surface area is 244 Å². The van der Waals surface area contributed by atoms with Gasteiger partial charge in [0.05, 0.1) is 53.7 Å². The zero-order chi connectivity index (χ0) is 30.0. The summed E-state index contributed by atoms with van der Waals surface area (Å²) in [7, 11) is 1.39. The predicted octanol–water partition coefficient (Wildman–Crippen LogP) is 4.78. The highest BCUT2D eigenvalue weighted by atomic mass is 16.5. The SMILES string of the molecule is COC(=O)CC[C@@H]1C2=C3CC(=O)C4=C(C)C(=CC5=NC(=C(C)/C5=C\O)C=C5N=C(C=C(N2)[C@H]1C)C(C)=C5[C@@H](C)O)N=C34. The van der Waals surface area contributed by atoms with E-state index in [4.69, 9.17) is 19.7 Å². The lowest BCUT2D eigenvalue weighted by Gasteiger charge is -2.17. The molecule has 0 radical (unpaired) electrons. The lowest BCUT2D eigenvalue weighted by Crippen LogP contribution is -2.15. The summed E-state index contributed by atoms with van der Waals surface area (Å²) in [5, 5.41) is 24.5. The first kappa shape index (κ1) is 27.8. The fourth-order valence-electron chi connectivity index (χ4n) is 6.69. The van der Waals surface area contributed by atoms with Gasteiger partial charge in [-0.3, -0.25) is 9.59 Å². The van der Waals surface area contributed by atoms with Crippen LogP contribution in [0.4, 0.5) is 0 Å². The van der Waals surface area contributed by atoms with Gasteiger partial charge in [-0.1, -0.05) is 6.92 Å². The zero-order valence-corrected chi connectivity index (χ0v) is 24.6. The maximum Gasteiger partial charge on any atom is 0.305 e. The van der Waals surface area contributed by atoms with Gasteiger partial charge in [0.15, 0.2) is 5.78 Å². The maximum absolute atomic E-state index is 13.4. The van der Waals surface area contributed by atoms with Crippen LogP contribution in [0, 0.1) is 11.8 Å². The zero-order valence-electron chi connectivity index (χ0n) is 24.6. The number of hydrogen-bond acceptors (Lipinski definition) is 9. The molecule has 2 fully saturated rings. The molecule has 1 aliphatic carbocycles. The molecule has 0 aromatic rings. The molecule has 1 saturated heterocycles. The van der Waals surface area contributed by atoms with E-state index in [0.29, 0.717) is 57.4 Å². The number of Topliss-reactive ketones (excluding diaryl/α,β-unsaturated/α-hetero) is 1. The molecule has 8 bridgehead atoms. The van der Waals surface area contributed by atoms with Gasteiger partial charge in [0, 0.05) is 58.4 Å². The van der Waals surface area contributed by atoms with Gasteiger partial charge in [-0.05, 0) is 69.1 Å². The van der Waals surface area contributed by atoms with Gasteiger partial charge >= 0.3 is 5.97 Å². The summed E-state index contributed by atoms with van der Waals surface area (Å²) < 4.78 is 4.93. The van der Waals surface area contributed by atoms with Crippen molar-refractivity contribution >= 4 is 28.9 Å². The van der Waals surface area contributed by atoms with Crippen LogP contribution < -0.4 is 5.32 Å². The number of nitrogens with one attached hydrogen (secondary N) is 1. The van der Waals surface area contributed by atoms with Crippen molar-refractivity contribution in [1.82, 2.24) is 5.32 Å². The fraction of sp³-hybridized carbons (Fsp3) is 0.364. The van der Waals surface area contributed by atoms with Crippen molar-refractivity contribution < 1.29 is 24.5 Å². The lowest BCUT2D eigenvalue weighted by molar-refractivity contribution is -0.140. The predicted molar refractivity (Wildman–Crippen MR) is 161 cm³/mol. The van der Waals surface area contributed by atoms with Crippen molar-refractivity contribution in [2.45, 2.75) is 60.0 Å². The van der Waals surface area contributed by atoms with E-state index in [9.17, 15) is 19.8 Å². The van der Waals surface area contributed by atoms with Crippen molar-refractivity contribution in [2.75, 3.05) is 7.11 Å². The van der Waals surface area contributed by atoms with Crippen molar-refractivity contribution in [3.05, 3.63) is 92.0 Å². The molecule has 0 spiro atoms. The second-order valence-corrected chi connectivity index (χ2v) is 11.5. The minimum Gasteiger partial charge on any atom is -0.515 e. The van der Waals surface area contributed by atoms with Crippen molar-refractivity contribution in [2.24, 2.45) is 26.8 Å². The van der Waals surface area contributed by atoms with Crippen LogP contribution in [-0.2, 0) is 14.3 Å². The molecule has 9 heteroatoms. The molecular formula is C33H34N4O5. The first-order valence-electron chi connectivity index (χ1n) is 14.2. The summed E-state index contributed by atoms with van der Waals surface area (Å²) in [4.78, 5) is 40.2. The van der Waals surface area contributed by atoms with Gasteiger partial charge in [0.2, 0.25) is 0 Å². The summed E-state index contributed by atoms with van der Waals surface area (Å²) in [6, 6.07) is 0. The number of ether oxygens (including phenoxy) is 1. The number of aliphatic hydroxyl groups is 2. The molecule has 216 valence electrons. The fourth-order valence-corrected chi connectivity index (χ4v) is 6.69. The van der Waals surface area contributed by atoms with E-state index in [1.54, 1.807) is 13.0 Å². The van der Waals surface area contributed by atoms with Crippen LogP contribution >= 0.6 is 0 Å². The van der Waals surface area contributed by atoms with Gasteiger partial charge in [-0.15, -0.1) is 0 Å². The Morgan fingerprint density at radius 2 is 1.86 bits per heavy atom. The number of carbonyl (C=O) groups excluding carboxylic acids is 2. The molecule has 6 rings (SSSR count). The first-order valence-corrected chi connectivity index (χ1v) is 14.2. The quantitative estimate of drug-likeness (QED) is 0.331. The molecule has 0 aromatic heterocycles. The molecule has 5 aliphatic heterocycles. The molecule has 5 heterocycles. The van der Waals surface area contributed by atoms with Crippen LogP contribution in [0.2, 0.25) is 0 Å². The molecule has 9 nitrogen and oxygen atoms in total. The Morgan fingerprint density at radius 1 is 1.10 bits per heavy atom. The molecule has 42 heavy (non-hydrogen) atoms. The molecule has 0 unspecified atom stereocenters. The number of aliphatic hydroxyl groups excluding tert-OH is 2. The summed E-state index contributed by atoms with van der Waals surface area (Å²) in [5.41, 5.74) is 10.7. The van der Waals surface area contributed by atoms with E-state index < -0.39 is 6.10 Å². The molecule has 0 aromatic carbocycles. The second-order valence-electron chi connectivity index (χ2n) is 11.5. The Balaban J connectivity index is 1.61. The summed E-state index contributed by atoms with van der Waals surface area (Å²) >= 11 is 0. The third kappa shape index (κ3) is 4.22. The maximum atomic E-state index is 13.4. The number of carbonyl (C=O) groups is 2. The largest absolute Gasteiger partial charge is 0.515 e. The summed E-state index contributed by atoms with van der Waals surface area (Å²) in [6.07, 6.45) is 6.92. The van der Waals surface area contributed by atoms with Gasteiger partial charge in [-0.2, -0.15) is 0 Å². The van der Waals surface area contributed by atoms with Crippen molar-refractivity contribution in [1.29, 1.82) is 0 Å². The monoisotopic (exact) mass is 566 g/mol. The molecular weight excluding hydrogens is 532 g/mol. The number of hydrogen-bond donors (Lipinski definition) is 3. The summed E-state index contributed by atoms with van der Waals surface area (Å²) in [5.74, 6) is -0.352. The lowest BCUT2D eigenvalue weighted by atomic mass is 9.86. The highest BCUT2D eigenvalue weighted by molar-refractivity contribution is 6.38. The number of rotatable bonds is 4. The van der Waals surface area contributed by atoms with Crippen LogP contribution in [0.15, 0.2) is 107 Å². The normalized spacial score (nSPS) is 26.5. The highest BCUT2D eigenvalue weighted by Gasteiger charge is 2.43. The average molecular weight is 567 g/mol. The number of fused-ring (bicyclic) bond motifs is 5. The van der Waals surface area contributed by atoms with E-state index in [-0.39, 0.29) is 36.4 Å². The van der Waals surface area contributed by atoms with Crippen LogP contribution in [0.5, 0.6) is 0 Å². The van der Waals surface area contributed by atoms with Gasteiger partial charge < -0.3 is 20.3 Å². The first-order chi connectivity index (χ1) is 20.0. The Hall–Kier alpha value is -4.37. The molecule has 6 aliphatic rings. The Bertz CT molecular complexity index is 1710. The van der Waals surface area contributed by atoms with Crippen LogP contribution in [0.25, 0.3) is 0 Å². The number of esters is 1. The minimum absolute atomic E-state index is 0.00335. The molecule has 0 amide bonds. The van der Waals surface area contributed by atoms with Gasteiger partial charge in [0.1, 0.15) is 0 Å². The van der Waals surface area contributed by atoms with Crippen molar-refractivity contribution in [3.63, 3.8) is 0 Å². The second kappa shape index (κ2) is 10.2. The van der Waals surface area contributed by atoms with E-state index >= 15 is 0 Å². The van der Waals surface area contributed by atoms with Gasteiger partial charge in [0.25, 0.3) is 0 Å². The number of methoxy groups -OCH3 is 1. The van der Waals surface area contributed by atoms with Crippen LogP contribution in [0.3, 0.4) is 0 Å². The third-order valence-electron chi connectivity index (χ3n) is 9.08. The number of allylic oxidation sites excluding steroid dienone is 11. The third-order valence-corrected chi connectivity index (χ3v) is 9.08. The summed E-state index contributed by atoms with van der Waals surface area (Å²) in [6.45, 7) is 9.53.